The van der Waals surface area contributed by atoms with Crippen molar-refractivity contribution < 1.29 is 14.3 Å². The quantitative estimate of drug-likeness (QED) is 0.886. The zero-order valence-corrected chi connectivity index (χ0v) is 11.6. The summed E-state index contributed by atoms with van der Waals surface area (Å²) in [6.45, 7) is 5.92. The minimum atomic E-state index is -0.0540. The molecule has 0 spiro atoms. The summed E-state index contributed by atoms with van der Waals surface area (Å²) in [7, 11) is 0. The van der Waals surface area contributed by atoms with E-state index in [1.165, 1.54) is 0 Å². The molecule has 4 heteroatoms. The van der Waals surface area contributed by atoms with Gasteiger partial charge < -0.3 is 14.8 Å². The zero-order valence-electron chi connectivity index (χ0n) is 11.6. The van der Waals surface area contributed by atoms with Crippen molar-refractivity contribution in [1.29, 1.82) is 0 Å². The summed E-state index contributed by atoms with van der Waals surface area (Å²) >= 11 is 0. The Morgan fingerprint density at radius 3 is 3.00 bits per heavy atom. The van der Waals surface area contributed by atoms with Crippen LogP contribution in [0.2, 0.25) is 0 Å². The Kier molecular flexibility index (Phi) is 4.80. The number of hydrogen-bond donors (Lipinski definition) is 1. The van der Waals surface area contributed by atoms with Crippen molar-refractivity contribution in [1.82, 2.24) is 5.32 Å². The molecule has 1 aromatic carbocycles. The van der Waals surface area contributed by atoms with Gasteiger partial charge in [0.05, 0.1) is 12.7 Å². The summed E-state index contributed by atoms with van der Waals surface area (Å²) in [6.07, 6.45) is 2.29. The van der Waals surface area contributed by atoms with Crippen molar-refractivity contribution in [2.24, 2.45) is 0 Å². The molecule has 1 aliphatic heterocycles. The van der Waals surface area contributed by atoms with Crippen LogP contribution in [0.25, 0.3) is 0 Å². The van der Waals surface area contributed by atoms with Gasteiger partial charge >= 0.3 is 0 Å². The molecule has 0 aliphatic carbocycles. The Labute approximate surface area is 114 Å². The van der Waals surface area contributed by atoms with Crippen molar-refractivity contribution >= 4 is 5.91 Å². The molecule has 104 valence electrons. The number of aryl methyl sites for hydroxylation is 1. The van der Waals surface area contributed by atoms with Crippen molar-refractivity contribution in [2.75, 3.05) is 19.8 Å². The Morgan fingerprint density at radius 1 is 1.53 bits per heavy atom. The molecule has 1 aliphatic rings. The highest BCUT2D eigenvalue weighted by atomic mass is 16.5. The summed E-state index contributed by atoms with van der Waals surface area (Å²) in [5, 5.41) is 2.91. The molecular weight excluding hydrogens is 242 g/mol. The molecule has 19 heavy (non-hydrogen) atoms. The van der Waals surface area contributed by atoms with E-state index < -0.39 is 0 Å². The van der Waals surface area contributed by atoms with Crippen LogP contribution >= 0.6 is 0 Å². The van der Waals surface area contributed by atoms with E-state index in [9.17, 15) is 4.79 Å². The number of nitrogens with one attached hydrogen (secondary N) is 1. The van der Waals surface area contributed by atoms with E-state index in [-0.39, 0.29) is 12.0 Å². The first-order valence-electron chi connectivity index (χ1n) is 6.84. The second-order valence-electron chi connectivity index (χ2n) is 4.76. The van der Waals surface area contributed by atoms with Crippen molar-refractivity contribution in [3.63, 3.8) is 0 Å². The van der Waals surface area contributed by atoms with Crippen LogP contribution in [0.3, 0.4) is 0 Å². The van der Waals surface area contributed by atoms with Gasteiger partial charge in [0.25, 0.3) is 5.91 Å². The van der Waals surface area contributed by atoms with Gasteiger partial charge in [-0.05, 0) is 50.5 Å². The van der Waals surface area contributed by atoms with E-state index >= 15 is 0 Å². The number of benzene rings is 1. The maximum Gasteiger partial charge on any atom is 0.251 e. The number of carbonyl (C=O) groups excluding carboxylic acids is 1. The Hall–Kier alpha value is -1.55. The van der Waals surface area contributed by atoms with E-state index in [4.69, 9.17) is 9.47 Å². The fourth-order valence-corrected chi connectivity index (χ4v) is 2.22. The molecule has 1 amide bonds. The smallest absolute Gasteiger partial charge is 0.251 e. The molecule has 4 nitrogen and oxygen atoms in total. The van der Waals surface area contributed by atoms with Crippen LogP contribution in [-0.4, -0.2) is 31.8 Å². The van der Waals surface area contributed by atoms with E-state index in [1.54, 1.807) is 6.07 Å². The Bertz CT molecular complexity index is 439. The lowest BCUT2D eigenvalue weighted by atomic mass is 10.1. The van der Waals surface area contributed by atoms with Crippen LogP contribution in [0.5, 0.6) is 5.75 Å². The zero-order chi connectivity index (χ0) is 13.7. The summed E-state index contributed by atoms with van der Waals surface area (Å²) in [5.74, 6) is 0.778. The monoisotopic (exact) mass is 263 g/mol. The number of ether oxygens (including phenoxy) is 2. The van der Waals surface area contributed by atoms with Crippen LogP contribution in [0.1, 0.15) is 35.7 Å². The molecule has 0 radical (unpaired) electrons. The minimum Gasteiger partial charge on any atom is -0.494 e. The SMILES string of the molecule is CCOc1ccc(C(=O)NCC2CCCO2)cc1C. The maximum atomic E-state index is 12.0. The average Bonchev–Trinajstić information content (AvgIpc) is 2.91. The highest BCUT2D eigenvalue weighted by Crippen LogP contribution is 2.19. The summed E-state index contributed by atoms with van der Waals surface area (Å²) < 4.78 is 10.9. The molecule has 1 heterocycles. The van der Waals surface area contributed by atoms with Gasteiger partial charge in [0, 0.05) is 18.7 Å². The molecule has 1 unspecified atom stereocenters. The largest absolute Gasteiger partial charge is 0.494 e. The van der Waals surface area contributed by atoms with Gasteiger partial charge in [-0.3, -0.25) is 4.79 Å². The molecule has 1 aromatic rings. The lowest BCUT2D eigenvalue weighted by Gasteiger charge is -2.12. The maximum absolute atomic E-state index is 12.0. The molecular formula is C15H21NO3. The summed E-state index contributed by atoms with van der Waals surface area (Å²) in [4.78, 5) is 12.0. The number of rotatable bonds is 5. The fourth-order valence-electron chi connectivity index (χ4n) is 2.22. The number of carbonyl (C=O) groups is 1. The van der Waals surface area contributed by atoms with E-state index in [2.05, 4.69) is 5.32 Å². The van der Waals surface area contributed by atoms with Crippen LogP contribution in [0.4, 0.5) is 0 Å². The molecule has 0 bridgehead atoms. The minimum absolute atomic E-state index is 0.0540. The van der Waals surface area contributed by atoms with Gasteiger partial charge in [0.2, 0.25) is 0 Å². The normalized spacial score (nSPS) is 18.3. The van der Waals surface area contributed by atoms with Gasteiger partial charge in [-0.1, -0.05) is 0 Å². The van der Waals surface area contributed by atoms with Crippen LogP contribution < -0.4 is 10.1 Å². The van der Waals surface area contributed by atoms with Gasteiger partial charge in [0.15, 0.2) is 0 Å². The standard InChI is InChI=1S/C15H21NO3/c1-3-18-14-7-6-12(9-11(14)2)15(17)16-10-13-5-4-8-19-13/h6-7,9,13H,3-5,8,10H2,1-2H3,(H,16,17). The molecule has 1 N–H and O–H groups in total. The first kappa shape index (κ1) is 13.9. The predicted molar refractivity (Wildman–Crippen MR) is 73.7 cm³/mol. The van der Waals surface area contributed by atoms with Gasteiger partial charge in [0.1, 0.15) is 5.75 Å². The topological polar surface area (TPSA) is 47.6 Å². The highest BCUT2D eigenvalue weighted by molar-refractivity contribution is 5.94. The Balaban J connectivity index is 1.92. The third-order valence-corrected chi connectivity index (χ3v) is 3.25. The summed E-state index contributed by atoms with van der Waals surface area (Å²) in [5.41, 5.74) is 1.64. The average molecular weight is 263 g/mol. The van der Waals surface area contributed by atoms with E-state index in [1.807, 2.05) is 26.0 Å². The van der Waals surface area contributed by atoms with Crippen LogP contribution in [0, 0.1) is 6.92 Å². The first-order valence-corrected chi connectivity index (χ1v) is 6.84. The van der Waals surface area contributed by atoms with Crippen molar-refractivity contribution in [2.45, 2.75) is 32.8 Å². The predicted octanol–water partition coefficient (Wildman–Crippen LogP) is 2.30. The highest BCUT2D eigenvalue weighted by Gasteiger charge is 2.16. The van der Waals surface area contributed by atoms with Gasteiger partial charge in [-0.25, -0.2) is 0 Å². The fraction of sp³-hybridized carbons (Fsp3) is 0.533. The third-order valence-electron chi connectivity index (χ3n) is 3.25. The lowest BCUT2D eigenvalue weighted by molar-refractivity contribution is 0.0857. The number of hydrogen-bond acceptors (Lipinski definition) is 3. The number of amides is 1. The van der Waals surface area contributed by atoms with Crippen LogP contribution in [-0.2, 0) is 4.74 Å². The molecule has 0 aromatic heterocycles. The van der Waals surface area contributed by atoms with Gasteiger partial charge in [-0.2, -0.15) is 0 Å². The molecule has 1 saturated heterocycles. The second-order valence-corrected chi connectivity index (χ2v) is 4.76. The van der Waals surface area contributed by atoms with Crippen LogP contribution in [0.15, 0.2) is 18.2 Å². The molecule has 2 rings (SSSR count). The van der Waals surface area contributed by atoms with E-state index in [0.29, 0.717) is 18.7 Å². The van der Waals surface area contributed by atoms with Crippen molar-refractivity contribution in [3.8, 4) is 5.75 Å². The molecule has 1 atom stereocenters. The van der Waals surface area contributed by atoms with Crippen molar-refractivity contribution in [3.05, 3.63) is 29.3 Å². The lowest BCUT2D eigenvalue weighted by Crippen LogP contribution is -2.31. The molecule has 1 fully saturated rings. The summed E-state index contributed by atoms with van der Waals surface area (Å²) in [6, 6.07) is 5.50. The molecule has 0 saturated carbocycles. The van der Waals surface area contributed by atoms with E-state index in [0.717, 1.165) is 30.8 Å². The third kappa shape index (κ3) is 3.70. The Morgan fingerprint density at radius 2 is 2.37 bits per heavy atom. The second kappa shape index (κ2) is 6.57. The van der Waals surface area contributed by atoms with Gasteiger partial charge in [-0.15, -0.1) is 0 Å². The first-order chi connectivity index (χ1) is 9.20.